The van der Waals surface area contributed by atoms with Crippen molar-refractivity contribution in [3.63, 3.8) is 0 Å². The standard InChI is InChI=1S/C27H23ClN4O3S/c28-26-17(16-5-7-22-23(14-16)35-11-10-34-22)2-1-3-21(26)31-27-18-12-15(4-8-24(18)36-32-27)13-19(29)20-6-9-25(33)30-20/h1-5,7-8,12-14,20H,6,9-11,29H2,(H,30,33)(H,31,32). The predicted molar refractivity (Wildman–Crippen MR) is 144 cm³/mol. The molecule has 1 unspecified atom stereocenters. The van der Waals surface area contributed by atoms with Crippen LogP contribution in [0.2, 0.25) is 5.02 Å². The Morgan fingerprint density at radius 2 is 2.00 bits per heavy atom. The Hall–Kier alpha value is -3.75. The smallest absolute Gasteiger partial charge is 0.220 e. The number of carbonyl (C=O) groups is 1. The number of nitrogens with two attached hydrogens (primary N) is 1. The van der Waals surface area contributed by atoms with Crippen molar-refractivity contribution < 1.29 is 14.3 Å². The number of carbonyl (C=O) groups excluding carboxylic acids is 1. The van der Waals surface area contributed by atoms with Crippen LogP contribution >= 0.6 is 23.1 Å². The number of amides is 1. The number of hydrogen-bond acceptors (Lipinski definition) is 7. The molecule has 7 nitrogen and oxygen atoms in total. The second-order valence-electron chi connectivity index (χ2n) is 8.74. The minimum absolute atomic E-state index is 0.0377. The van der Waals surface area contributed by atoms with Crippen LogP contribution in [0.5, 0.6) is 11.5 Å². The fourth-order valence-electron chi connectivity index (χ4n) is 4.48. The van der Waals surface area contributed by atoms with E-state index in [1.54, 1.807) is 0 Å². The lowest BCUT2D eigenvalue weighted by molar-refractivity contribution is -0.119. The van der Waals surface area contributed by atoms with Gasteiger partial charge in [0.15, 0.2) is 17.3 Å². The van der Waals surface area contributed by atoms with E-state index in [1.165, 1.54) is 11.5 Å². The summed E-state index contributed by atoms with van der Waals surface area (Å²) in [7, 11) is 0. The van der Waals surface area contributed by atoms with E-state index in [0.717, 1.165) is 49.8 Å². The highest BCUT2D eigenvalue weighted by Crippen LogP contribution is 2.40. The maximum atomic E-state index is 11.5. The van der Waals surface area contributed by atoms with Gasteiger partial charge in [-0.15, -0.1) is 0 Å². The van der Waals surface area contributed by atoms with Crippen LogP contribution in [0.4, 0.5) is 11.5 Å². The Labute approximate surface area is 217 Å². The quantitative estimate of drug-likeness (QED) is 0.313. The Morgan fingerprint density at radius 1 is 1.14 bits per heavy atom. The van der Waals surface area contributed by atoms with Gasteiger partial charge < -0.3 is 25.8 Å². The topological polar surface area (TPSA) is 98.5 Å². The van der Waals surface area contributed by atoms with E-state index in [4.69, 9.17) is 26.8 Å². The van der Waals surface area contributed by atoms with Crippen LogP contribution in [0.1, 0.15) is 18.4 Å². The van der Waals surface area contributed by atoms with Crippen molar-refractivity contribution in [2.45, 2.75) is 18.9 Å². The molecule has 3 heterocycles. The van der Waals surface area contributed by atoms with Crippen LogP contribution in [0.3, 0.4) is 0 Å². The summed E-state index contributed by atoms with van der Waals surface area (Å²) in [6.07, 6.45) is 3.13. The van der Waals surface area contributed by atoms with Crippen LogP contribution < -0.4 is 25.8 Å². The molecule has 0 radical (unpaired) electrons. The zero-order chi connectivity index (χ0) is 24.6. The molecule has 1 aromatic heterocycles. The lowest BCUT2D eigenvalue weighted by Crippen LogP contribution is -2.30. The first-order valence-electron chi connectivity index (χ1n) is 11.7. The van der Waals surface area contributed by atoms with Crippen molar-refractivity contribution >= 4 is 56.7 Å². The SMILES string of the molecule is NC(=Cc1ccc2snc(Nc3cccc(-c4ccc5c(c4)OCCO5)c3Cl)c2c1)C1CCC(=O)N1. The van der Waals surface area contributed by atoms with Crippen molar-refractivity contribution in [2.24, 2.45) is 5.73 Å². The Bertz CT molecular complexity index is 1520. The number of fused-ring (bicyclic) bond motifs is 2. The van der Waals surface area contributed by atoms with Crippen molar-refractivity contribution in [2.75, 3.05) is 18.5 Å². The molecule has 9 heteroatoms. The molecule has 36 heavy (non-hydrogen) atoms. The Kier molecular flexibility index (Phi) is 5.91. The number of aromatic nitrogens is 1. The summed E-state index contributed by atoms with van der Waals surface area (Å²) >= 11 is 8.27. The molecule has 0 bridgehead atoms. The fraction of sp³-hybridized carbons (Fsp3) is 0.185. The summed E-state index contributed by atoms with van der Waals surface area (Å²) in [6, 6.07) is 17.7. The van der Waals surface area contributed by atoms with Gasteiger partial charge in [0.1, 0.15) is 13.2 Å². The number of halogens is 1. The van der Waals surface area contributed by atoms with E-state index in [1.807, 2.05) is 60.7 Å². The molecule has 2 aliphatic rings. The van der Waals surface area contributed by atoms with E-state index < -0.39 is 0 Å². The minimum Gasteiger partial charge on any atom is -0.486 e. The first kappa shape index (κ1) is 22.7. The molecule has 1 atom stereocenters. The molecular formula is C27H23ClN4O3S. The van der Waals surface area contributed by atoms with Crippen LogP contribution in [0.15, 0.2) is 60.3 Å². The third kappa shape index (κ3) is 4.34. The van der Waals surface area contributed by atoms with Gasteiger partial charge in [-0.3, -0.25) is 4.79 Å². The first-order valence-corrected chi connectivity index (χ1v) is 12.8. The monoisotopic (exact) mass is 518 g/mol. The van der Waals surface area contributed by atoms with Crippen LogP contribution in [0, 0.1) is 0 Å². The molecular weight excluding hydrogens is 496 g/mol. The maximum absolute atomic E-state index is 11.5. The van der Waals surface area contributed by atoms with Crippen molar-refractivity contribution in [1.29, 1.82) is 0 Å². The normalized spacial score (nSPS) is 17.3. The zero-order valence-electron chi connectivity index (χ0n) is 19.2. The summed E-state index contributed by atoms with van der Waals surface area (Å²) in [5.41, 5.74) is 10.4. The highest BCUT2D eigenvalue weighted by atomic mass is 35.5. The average molecular weight is 519 g/mol. The van der Waals surface area contributed by atoms with Gasteiger partial charge in [-0.1, -0.05) is 35.9 Å². The van der Waals surface area contributed by atoms with Gasteiger partial charge in [0.25, 0.3) is 0 Å². The van der Waals surface area contributed by atoms with Crippen molar-refractivity contribution in [1.82, 2.24) is 9.69 Å². The number of hydrogen-bond donors (Lipinski definition) is 3. The van der Waals surface area contributed by atoms with E-state index in [2.05, 4.69) is 15.0 Å². The van der Waals surface area contributed by atoms with Crippen LogP contribution in [0.25, 0.3) is 27.3 Å². The third-order valence-electron chi connectivity index (χ3n) is 6.33. The summed E-state index contributed by atoms with van der Waals surface area (Å²) < 4.78 is 17.0. The zero-order valence-corrected chi connectivity index (χ0v) is 20.8. The molecule has 3 aromatic carbocycles. The van der Waals surface area contributed by atoms with E-state index >= 15 is 0 Å². The maximum Gasteiger partial charge on any atom is 0.220 e. The number of benzene rings is 3. The highest BCUT2D eigenvalue weighted by Gasteiger charge is 2.22. The molecule has 4 aromatic rings. The number of nitrogens with zero attached hydrogens (tertiary/aromatic N) is 1. The second kappa shape index (κ2) is 9.37. The van der Waals surface area contributed by atoms with E-state index in [9.17, 15) is 4.79 Å². The van der Waals surface area contributed by atoms with E-state index in [-0.39, 0.29) is 11.9 Å². The molecule has 6 rings (SSSR count). The van der Waals surface area contributed by atoms with Gasteiger partial charge in [0.2, 0.25) is 5.91 Å². The number of rotatable bonds is 5. The fourth-order valence-corrected chi connectivity index (χ4v) is 5.48. The number of ether oxygens (including phenoxy) is 2. The average Bonchev–Trinajstić information content (AvgIpc) is 3.51. The Morgan fingerprint density at radius 3 is 2.83 bits per heavy atom. The van der Waals surface area contributed by atoms with Gasteiger partial charge in [-0.05, 0) is 65.5 Å². The van der Waals surface area contributed by atoms with E-state index in [0.29, 0.717) is 36.8 Å². The van der Waals surface area contributed by atoms with Gasteiger partial charge in [0, 0.05) is 23.1 Å². The molecule has 4 N–H and O–H groups in total. The summed E-state index contributed by atoms with van der Waals surface area (Å²) in [6.45, 7) is 1.08. The van der Waals surface area contributed by atoms with Crippen molar-refractivity contribution in [3.8, 4) is 22.6 Å². The summed E-state index contributed by atoms with van der Waals surface area (Å²) in [5.74, 6) is 2.22. The molecule has 1 amide bonds. The van der Waals surface area contributed by atoms with Gasteiger partial charge in [-0.25, -0.2) is 0 Å². The number of nitrogens with one attached hydrogen (secondary N) is 2. The largest absolute Gasteiger partial charge is 0.486 e. The lowest BCUT2D eigenvalue weighted by atomic mass is 10.0. The lowest BCUT2D eigenvalue weighted by Gasteiger charge is -2.19. The second-order valence-corrected chi connectivity index (χ2v) is 9.92. The molecule has 182 valence electrons. The van der Waals surface area contributed by atoms with Crippen LogP contribution in [-0.2, 0) is 4.79 Å². The first-order chi connectivity index (χ1) is 17.5. The van der Waals surface area contributed by atoms with Gasteiger partial charge >= 0.3 is 0 Å². The van der Waals surface area contributed by atoms with Gasteiger partial charge in [0.05, 0.1) is 21.5 Å². The van der Waals surface area contributed by atoms with Gasteiger partial charge in [-0.2, -0.15) is 4.37 Å². The third-order valence-corrected chi connectivity index (χ3v) is 7.56. The summed E-state index contributed by atoms with van der Waals surface area (Å²) in [4.78, 5) is 11.5. The predicted octanol–water partition coefficient (Wildman–Crippen LogP) is 5.71. The van der Waals surface area contributed by atoms with Crippen LogP contribution in [-0.4, -0.2) is 29.5 Å². The van der Waals surface area contributed by atoms with Crippen molar-refractivity contribution in [3.05, 3.63) is 70.9 Å². The molecule has 0 spiro atoms. The Balaban J connectivity index is 1.30. The minimum atomic E-state index is -0.117. The number of anilines is 2. The molecule has 0 saturated carbocycles. The highest BCUT2D eigenvalue weighted by molar-refractivity contribution is 7.13. The molecule has 1 saturated heterocycles. The molecule has 1 fully saturated rings. The summed E-state index contributed by atoms with van der Waals surface area (Å²) in [5, 5.41) is 7.88. The molecule has 2 aliphatic heterocycles. The molecule has 0 aliphatic carbocycles.